The van der Waals surface area contributed by atoms with Crippen LogP contribution in [0.4, 0.5) is 0 Å². The zero-order chi connectivity index (χ0) is 28.7. The van der Waals surface area contributed by atoms with E-state index in [-0.39, 0.29) is 37.5 Å². The average molecular weight is 570 g/mol. The summed E-state index contributed by atoms with van der Waals surface area (Å²) in [4.78, 5) is 36.9. The maximum Gasteiger partial charge on any atom is 0.305 e. The number of ether oxygens (including phenoxy) is 8. The molecule has 1 aliphatic heterocycles. The summed E-state index contributed by atoms with van der Waals surface area (Å²) in [5.74, 6) is -0.754. The molecule has 0 aromatic heterocycles. The Morgan fingerprint density at radius 3 is 1.30 bits per heavy atom. The second kappa shape index (κ2) is 22.3. The number of esters is 1. The molecule has 0 atom stereocenters. The van der Waals surface area contributed by atoms with E-state index in [0.29, 0.717) is 103 Å². The molecule has 40 heavy (non-hydrogen) atoms. The van der Waals surface area contributed by atoms with E-state index in [9.17, 15) is 14.4 Å². The molecular weight excluding hydrogens is 526 g/mol. The highest BCUT2D eigenvalue weighted by Gasteiger charge is 2.34. The molecule has 0 N–H and O–H groups in total. The largest absolute Gasteiger partial charge is 0.463 e. The van der Waals surface area contributed by atoms with E-state index in [1.807, 2.05) is 6.92 Å². The zero-order valence-electron chi connectivity index (χ0n) is 23.5. The van der Waals surface area contributed by atoms with Gasteiger partial charge in [-0.15, -0.1) is 0 Å². The van der Waals surface area contributed by atoms with Gasteiger partial charge in [0.15, 0.2) is 0 Å². The van der Waals surface area contributed by atoms with Gasteiger partial charge in [0.05, 0.1) is 110 Å². The minimum absolute atomic E-state index is 0.196. The number of rotatable bonds is 26. The Bertz CT molecular complexity index is 816. The molecular formula is C28H43NO11. The van der Waals surface area contributed by atoms with Crippen LogP contribution in [-0.2, 0) is 42.7 Å². The van der Waals surface area contributed by atoms with Crippen LogP contribution >= 0.6 is 0 Å². The van der Waals surface area contributed by atoms with Gasteiger partial charge >= 0.3 is 5.97 Å². The van der Waals surface area contributed by atoms with Gasteiger partial charge in [-0.25, -0.2) is 0 Å². The van der Waals surface area contributed by atoms with Gasteiger partial charge in [-0.1, -0.05) is 19.1 Å². The highest BCUT2D eigenvalue weighted by Crippen LogP contribution is 2.21. The third-order valence-corrected chi connectivity index (χ3v) is 5.51. The molecule has 12 heteroatoms. The van der Waals surface area contributed by atoms with Crippen molar-refractivity contribution in [1.29, 1.82) is 0 Å². The lowest BCUT2D eigenvalue weighted by atomic mass is 10.1. The molecule has 12 nitrogen and oxygen atoms in total. The van der Waals surface area contributed by atoms with Gasteiger partial charge in [-0.3, -0.25) is 19.3 Å². The molecule has 1 aromatic carbocycles. The molecule has 1 heterocycles. The Morgan fingerprint density at radius 2 is 0.925 bits per heavy atom. The highest BCUT2D eigenvalue weighted by molar-refractivity contribution is 6.21. The molecule has 0 unspecified atom stereocenters. The Labute approximate surface area is 236 Å². The highest BCUT2D eigenvalue weighted by atomic mass is 16.6. The number of fused-ring (bicyclic) bond motifs is 1. The third kappa shape index (κ3) is 14.3. The minimum atomic E-state index is -0.279. The molecule has 0 saturated carbocycles. The fraction of sp³-hybridized carbons (Fsp3) is 0.679. The van der Waals surface area contributed by atoms with Crippen molar-refractivity contribution < 1.29 is 52.3 Å². The first kappa shape index (κ1) is 33.8. The maximum absolute atomic E-state index is 12.3. The Kier molecular flexibility index (Phi) is 18.8. The van der Waals surface area contributed by atoms with Crippen molar-refractivity contribution in [1.82, 2.24) is 4.90 Å². The first-order valence-corrected chi connectivity index (χ1v) is 13.8. The summed E-state index contributed by atoms with van der Waals surface area (Å²) in [7, 11) is 0. The molecule has 1 aromatic rings. The topological polar surface area (TPSA) is 128 Å². The quantitative estimate of drug-likeness (QED) is 0.0919. The number of benzene rings is 1. The van der Waals surface area contributed by atoms with E-state index < -0.39 is 0 Å². The van der Waals surface area contributed by atoms with Crippen molar-refractivity contribution in [3.05, 3.63) is 35.4 Å². The van der Waals surface area contributed by atoms with E-state index >= 15 is 0 Å². The molecule has 0 aliphatic carbocycles. The number of hydrogen-bond donors (Lipinski definition) is 0. The van der Waals surface area contributed by atoms with Crippen molar-refractivity contribution in [2.24, 2.45) is 0 Å². The number of nitrogens with zero attached hydrogens (tertiary/aromatic N) is 1. The second-order valence-corrected chi connectivity index (χ2v) is 8.56. The molecule has 226 valence electrons. The Hall–Kier alpha value is -2.45. The van der Waals surface area contributed by atoms with Crippen LogP contribution in [0.1, 0.15) is 40.5 Å². The molecule has 0 spiro atoms. The van der Waals surface area contributed by atoms with E-state index in [4.69, 9.17) is 37.9 Å². The van der Waals surface area contributed by atoms with Crippen molar-refractivity contribution in [2.75, 3.05) is 106 Å². The fourth-order valence-corrected chi connectivity index (χ4v) is 3.51. The normalized spacial score (nSPS) is 12.8. The van der Waals surface area contributed by atoms with Crippen molar-refractivity contribution in [3.63, 3.8) is 0 Å². The van der Waals surface area contributed by atoms with Crippen LogP contribution in [0.3, 0.4) is 0 Å². The molecule has 1 aliphatic rings. The number of imide groups is 1. The minimum Gasteiger partial charge on any atom is -0.463 e. The fourth-order valence-electron chi connectivity index (χ4n) is 3.51. The van der Waals surface area contributed by atoms with Crippen LogP contribution in [0, 0.1) is 0 Å². The standard InChI is InChI=1S/C28H43NO11/c1-2-5-26(30)40-23-22-39-21-20-38-19-18-37-17-16-36-15-14-35-13-12-34-11-10-33-9-8-29-27(31)24-6-3-4-7-25(24)28(29)32/h3-4,6-7H,2,5,8-23H2,1H3. The Morgan fingerprint density at radius 1 is 0.575 bits per heavy atom. The van der Waals surface area contributed by atoms with Gasteiger partial charge in [0.25, 0.3) is 11.8 Å². The van der Waals surface area contributed by atoms with Gasteiger partial charge in [-0.05, 0) is 18.6 Å². The number of amides is 2. The van der Waals surface area contributed by atoms with Crippen LogP contribution in [0.2, 0.25) is 0 Å². The monoisotopic (exact) mass is 569 g/mol. The van der Waals surface area contributed by atoms with Gasteiger partial charge in [0, 0.05) is 6.42 Å². The number of carbonyl (C=O) groups is 3. The number of carbonyl (C=O) groups excluding carboxylic acids is 3. The smallest absolute Gasteiger partial charge is 0.305 e. The van der Waals surface area contributed by atoms with E-state index in [1.165, 1.54) is 4.90 Å². The lowest BCUT2D eigenvalue weighted by Crippen LogP contribution is -2.33. The first-order valence-electron chi connectivity index (χ1n) is 13.8. The van der Waals surface area contributed by atoms with Gasteiger partial charge in [0.2, 0.25) is 0 Å². The van der Waals surface area contributed by atoms with Gasteiger partial charge < -0.3 is 37.9 Å². The van der Waals surface area contributed by atoms with Gasteiger partial charge in [-0.2, -0.15) is 0 Å². The van der Waals surface area contributed by atoms with E-state index in [0.717, 1.165) is 6.42 Å². The molecule has 0 saturated heterocycles. The van der Waals surface area contributed by atoms with Crippen molar-refractivity contribution in [3.8, 4) is 0 Å². The molecule has 0 radical (unpaired) electrons. The lowest BCUT2D eigenvalue weighted by Gasteiger charge is -2.13. The predicted molar refractivity (Wildman–Crippen MR) is 143 cm³/mol. The van der Waals surface area contributed by atoms with E-state index in [2.05, 4.69) is 0 Å². The Balaban J connectivity index is 1.23. The molecule has 0 fully saturated rings. The van der Waals surface area contributed by atoms with Gasteiger partial charge in [0.1, 0.15) is 6.61 Å². The molecule has 2 amide bonds. The molecule has 0 bridgehead atoms. The summed E-state index contributed by atoms with van der Waals surface area (Å²) in [5.41, 5.74) is 0.881. The SMILES string of the molecule is CCCC(=O)OCCOCCOCCOCCOCCOCCOCCOCCN1C(=O)c2ccccc2C1=O. The summed E-state index contributed by atoms with van der Waals surface area (Å²) in [5, 5.41) is 0. The van der Waals surface area contributed by atoms with Crippen molar-refractivity contribution in [2.45, 2.75) is 19.8 Å². The zero-order valence-corrected chi connectivity index (χ0v) is 23.5. The summed E-state index contributed by atoms with van der Waals surface area (Å²) < 4.78 is 42.9. The summed E-state index contributed by atoms with van der Waals surface area (Å²) in [6.45, 7) is 8.37. The third-order valence-electron chi connectivity index (χ3n) is 5.51. The number of hydrogen-bond acceptors (Lipinski definition) is 11. The van der Waals surface area contributed by atoms with Crippen LogP contribution in [0.5, 0.6) is 0 Å². The lowest BCUT2D eigenvalue weighted by molar-refractivity contribution is -0.145. The predicted octanol–water partition coefficient (Wildman–Crippen LogP) is 1.74. The summed E-state index contributed by atoms with van der Waals surface area (Å²) in [6.07, 6.45) is 1.21. The molecule has 2 rings (SSSR count). The van der Waals surface area contributed by atoms with Crippen LogP contribution in [0.15, 0.2) is 24.3 Å². The summed E-state index contributed by atoms with van der Waals surface area (Å²) in [6, 6.07) is 6.81. The average Bonchev–Trinajstić information content (AvgIpc) is 3.20. The second-order valence-electron chi connectivity index (χ2n) is 8.56. The van der Waals surface area contributed by atoms with Crippen LogP contribution < -0.4 is 0 Å². The maximum atomic E-state index is 12.3. The van der Waals surface area contributed by atoms with Crippen LogP contribution in [0.25, 0.3) is 0 Å². The summed E-state index contributed by atoms with van der Waals surface area (Å²) >= 11 is 0. The van der Waals surface area contributed by atoms with Crippen LogP contribution in [-0.4, -0.2) is 128 Å². The van der Waals surface area contributed by atoms with E-state index in [1.54, 1.807) is 24.3 Å². The first-order chi connectivity index (χ1) is 19.6. The van der Waals surface area contributed by atoms with Crippen molar-refractivity contribution >= 4 is 17.8 Å².